The summed E-state index contributed by atoms with van der Waals surface area (Å²) >= 11 is 1.22. The number of nitrogens with zero attached hydrogens (tertiary/aromatic N) is 4. The van der Waals surface area contributed by atoms with Crippen LogP contribution in [0.2, 0.25) is 0 Å². The second kappa shape index (κ2) is 8.49. The molecule has 38 heavy (non-hydrogen) atoms. The molecule has 3 aromatic carbocycles. The van der Waals surface area contributed by atoms with Gasteiger partial charge in [0.1, 0.15) is 0 Å². The Morgan fingerprint density at radius 1 is 0.947 bits per heavy atom. The molecular formula is C28H25N5O4S. The Bertz CT molecular complexity index is 1740. The zero-order valence-corrected chi connectivity index (χ0v) is 21.8. The van der Waals surface area contributed by atoms with Gasteiger partial charge in [-0.3, -0.25) is 20.0 Å². The van der Waals surface area contributed by atoms with Crippen LogP contribution < -0.4 is 25.1 Å². The first kappa shape index (κ1) is 23.8. The summed E-state index contributed by atoms with van der Waals surface area (Å²) < 4.78 is 7.08. The fourth-order valence-corrected chi connectivity index (χ4v) is 6.42. The van der Waals surface area contributed by atoms with Gasteiger partial charge in [-0.25, -0.2) is 9.79 Å². The van der Waals surface area contributed by atoms with E-state index in [1.165, 1.54) is 29.2 Å². The van der Waals surface area contributed by atoms with Crippen LogP contribution in [0, 0.1) is 0 Å². The van der Waals surface area contributed by atoms with E-state index in [0.717, 1.165) is 11.1 Å². The number of phenols is 1. The number of methoxy groups -OCH3 is 1. The minimum atomic E-state index is -1.22. The molecular weight excluding hydrogens is 502 g/mol. The molecule has 2 amide bonds. The van der Waals surface area contributed by atoms with Gasteiger partial charge < -0.3 is 9.84 Å². The van der Waals surface area contributed by atoms with Gasteiger partial charge in [0.2, 0.25) is 16.1 Å². The number of aromatic nitrogens is 1. The van der Waals surface area contributed by atoms with E-state index in [1.54, 1.807) is 42.1 Å². The summed E-state index contributed by atoms with van der Waals surface area (Å²) in [5, 5.41) is 9.96. The first-order valence-corrected chi connectivity index (χ1v) is 12.8. The lowest BCUT2D eigenvalue weighted by Crippen LogP contribution is -2.67. The highest BCUT2D eigenvalue weighted by Crippen LogP contribution is 2.53. The molecule has 6 rings (SSSR count). The molecule has 192 valence electrons. The molecule has 10 heteroatoms. The number of rotatable bonds is 4. The zero-order chi connectivity index (χ0) is 26.7. The van der Waals surface area contributed by atoms with Crippen LogP contribution in [-0.2, 0) is 11.3 Å². The van der Waals surface area contributed by atoms with Gasteiger partial charge in [-0.2, -0.15) is 4.68 Å². The smallest absolute Gasteiger partial charge is 0.324 e. The molecule has 0 radical (unpaired) electrons. The molecule has 0 saturated carbocycles. The molecule has 0 bridgehead atoms. The van der Waals surface area contributed by atoms with Gasteiger partial charge in [-0.1, -0.05) is 78.1 Å². The topological polar surface area (TPSA) is 99.4 Å². The van der Waals surface area contributed by atoms with E-state index in [4.69, 9.17) is 9.73 Å². The minimum Gasteiger partial charge on any atom is -0.504 e. The van der Waals surface area contributed by atoms with Crippen molar-refractivity contribution in [2.75, 3.05) is 26.6 Å². The lowest BCUT2D eigenvalue weighted by Gasteiger charge is -2.49. The van der Waals surface area contributed by atoms with Crippen molar-refractivity contribution in [2.45, 2.75) is 11.3 Å². The van der Waals surface area contributed by atoms with Gasteiger partial charge in [-0.05, 0) is 23.8 Å². The molecule has 1 aromatic heterocycles. The average molecular weight is 528 g/mol. The van der Waals surface area contributed by atoms with Crippen molar-refractivity contribution >= 4 is 23.4 Å². The third-order valence-electron chi connectivity index (χ3n) is 7.27. The van der Waals surface area contributed by atoms with Crippen molar-refractivity contribution in [1.82, 2.24) is 14.5 Å². The third kappa shape index (κ3) is 3.07. The van der Waals surface area contributed by atoms with Crippen molar-refractivity contribution in [3.8, 4) is 11.5 Å². The predicted octanol–water partition coefficient (Wildman–Crippen LogP) is 2.33. The van der Waals surface area contributed by atoms with E-state index in [0.29, 0.717) is 20.6 Å². The molecule has 0 aliphatic carbocycles. The van der Waals surface area contributed by atoms with E-state index >= 15 is 0 Å². The van der Waals surface area contributed by atoms with Gasteiger partial charge in [0.05, 0.1) is 11.6 Å². The number of aromatic hydroxyl groups is 1. The standard InChI is InChI=1S/C28H25N5O4S/c1-31-26(36)32(2)28(20-12-8-5-9-13-20)27(31,19-10-6-4-7-11-19)29-25-33(30-28)24(35)23(38-25)17-18-14-15-21(34)22(16-18)37-3/h4-17,30,34H,1-3H3/b23-17+/t27-,28+/m1/s1. The van der Waals surface area contributed by atoms with Crippen molar-refractivity contribution in [1.29, 1.82) is 0 Å². The van der Waals surface area contributed by atoms with Crippen LogP contribution in [-0.4, -0.2) is 46.8 Å². The zero-order valence-electron chi connectivity index (χ0n) is 21.0. The summed E-state index contributed by atoms with van der Waals surface area (Å²) in [5.74, 6) is 0.326. The van der Waals surface area contributed by atoms with Crippen LogP contribution in [0.1, 0.15) is 16.7 Å². The van der Waals surface area contributed by atoms with Crippen LogP contribution in [0.5, 0.6) is 11.5 Å². The van der Waals surface area contributed by atoms with E-state index in [2.05, 4.69) is 5.43 Å². The highest BCUT2D eigenvalue weighted by Gasteiger charge is 2.69. The summed E-state index contributed by atoms with van der Waals surface area (Å²) in [7, 11) is 4.93. The third-order valence-corrected chi connectivity index (χ3v) is 8.24. The quantitative estimate of drug-likeness (QED) is 0.425. The van der Waals surface area contributed by atoms with Crippen molar-refractivity contribution < 1.29 is 14.6 Å². The van der Waals surface area contributed by atoms with Crippen molar-refractivity contribution in [2.24, 2.45) is 4.99 Å². The molecule has 0 unspecified atom stereocenters. The molecule has 9 nitrogen and oxygen atoms in total. The largest absolute Gasteiger partial charge is 0.504 e. The Morgan fingerprint density at radius 2 is 1.61 bits per heavy atom. The van der Waals surface area contributed by atoms with Crippen LogP contribution >= 0.6 is 11.3 Å². The first-order chi connectivity index (χ1) is 18.3. The number of hydrogen-bond donors (Lipinski definition) is 2. The van der Waals surface area contributed by atoms with Crippen LogP contribution in [0.3, 0.4) is 0 Å². The number of likely N-dealkylation sites (N-methyl/N-ethyl adjacent to an activating group) is 2. The van der Waals surface area contributed by atoms with Crippen molar-refractivity contribution in [3.05, 3.63) is 115 Å². The van der Waals surface area contributed by atoms with Crippen LogP contribution in [0.4, 0.5) is 4.79 Å². The van der Waals surface area contributed by atoms with Crippen LogP contribution in [0.15, 0.2) is 88.6 Å². The molecule has 2 aliphatic heterocycles. The number of carbonyl (C=O) groups excluding carboxylic acids is 1. The Morgan fingerprint density at radius 3 is 2.26 bits per heavy atom. The van der Waals surface area contributed by atoms with E-state index in [1.807, 2.05) is 60.7 Å². The van der Waals surface area contributed by atoms with Crippen LogP contribution in [0.25, 0.3) is 6.08 Å². The number of carbonyl (C=O) groups is 1. The maximum atomic E-state index is 13.7. The van der Waals surface area contributed by atoms with Gasteiger partial charge >= 0.3 is 6.03 Å². The molecule has 0 spiro atoms. The lowest BCUT2D eigenvalue weighted by atomic mass is 9.80. The maximum Gasteiger partial charge on any atom is 0.324 e. The normalized spacial score (nSPS) is 22.5. The monoisotopic (exact) mass is 527 g/mol. The Balaban J connectivity index is 1.67. The van der Waals surface area contributed by atoms with E-state index in [-0.39, 0.29) is 17.3 Å². The average Bonchev–Trinajstić information content (AvgIpc) is 3.33. The molecule has 2 atom stereocenters. The highest BCUT2D eigenvalue weighted by atomic mass is 32.1. The molecule has 2 N–H and O–H groups in total. The molecule has 1 saturated heterocycles. The molecule has 3 heterocycles. The maximum absolute atomic E-state index is 13.7. The number of benzene rings is 3. The SMILES string of the molecule is COc1cc(/C=c2/sc3n(c2=O)N[C@@]2(c4ccccc4)N(C)C(=O)N(C)[C@@]2(c2ccccc2)N=3)ccc1O. The summed E-state index contributed by atoms with van der Waals surface area (Å²) in [6, 6.07) is 23.9. The fourth-order valence-electron chi connectivity index (χ4n) is 5.45. The summed E-state index contributed by atoms with van der Waals surface area (Å²) in [5.41, 5.74) is 2.99. The second-order valence-corrected chi connectivity index (χ2v) is 10.2. The highest BCUT2D eigenvalue weighted by molar-refractivity contribution is 7.07. The number of thiazole rings is 1. The Labute approximate surface area is 222 Å². The predicted molar refractivity (Wildman–Crippen MR) is 144 cm³/mol. The summed E-state index contributed by atoms with van der Waals surface area (Å²) in [6.45, 7) is 0. The molecule has 1 fully saturated rings. The van der Waals surface area contributed by atoms with E-state index in [9.17, 15) is 14.7 Å². The lowest BCUT2D eigenvalue weighted by molar-refractivity contribution is 0.0648. The second-order valence-electron chi connectivity index (χ2n) is 9.20. The minimum absolute atomic E-state index is 0.0154. The van der Waals surface area contributed by atoms with Gasteiger partial charge in [0.25, 0.3) is 5.56 Å². The summed E-state index contributed by atoms with van der Waals surface area (Å²) in [4.78, 5) is 36.2. The Hall–Kier alpha value is -4.57. The first-order valence-electron chi connectivity index (χ1n) is 11.9. The number of hydrogen-bond acceptors (Lipinski definition) is 7. The molecule has 2 aliphatic rings. The van der Waals surface area contributed by atoms with Crippen molar-refractivity contribution in [3.63, 3.8) is 0 Å². The number of fused-ring (bicyclic) bond motifs is 2. The van der Waals surface area contributed by atoms with Gasteiger partial charge in [-0.15, -0.1) is 0 Å². The Kier molecular flexibility index (Phi) is 5.32. The van der Waals surface area contributed by atoms with Gasteiger partial charge in [0.15, 0.2) is 11.5 Å². The summed E-state index contributed by atoms with van der Waals surface area (Å²) in [6.07, 6.45) is 1.73. The fraction of sp³-hybridized carbons (Fsp3) is 0.179. The number of ether oxygens (including phenoxy) is 1. The number of phenolic OH excluding ortho intramolecular Hbond substituents is 1. The molecule has 4 aromatic rings. The number of nitrogens with one attached hydrogen (secondary N) is 1. The number of amides is 2. The van der Waals surface area contributed by atoms with Gasteiger partial charge in [0, 0.05) is 25.2 Å². The number of urea groups is 1. The van der Waals surface area contributed by atoms with E-state index < -0.39 is 11.3 Å².